The average Bonchev–Trinajstić information content (AvgIpc) is 3.00. The molecule has 0 spiro atoms. The Morgan fingerprint density at radius 3 is 1.45 bits per heavy atom. The van der Waals surface area contributed by atoms with Crippen LogP contribution in [0.1, 0.15) is 50.8 Å². The van der Waals surface area contributed by atoms with Crippen molar-refractivity contribution in [3.63, 3.8) is 0 Å². The fourth-order valence-electron chi connectivity index (χ4n) is 5.20. The van der Waals surface area contributed by atoms with Crippen LogP contribution in [0.15, 0.2) is 122 Å². The molecule has 0 radical (unpaired) electrons. The monoisotopic (exact) mass is 504 g/mol. The van der Waals surface area contributed by atoms with E-state index in [1.54, 1.807) is 12.2 Å². The van der Waals surface area contributed by atoms with E-state index >= 15 is 0 Å². The molecule has 2 heteroatoms. The van der Waals surface area contributed by atoms with Crippen LogP contribution in [0.2, 0.25) is 0 Å². The number of anilines is 2. The van der Waals surface area contributed by atoms with Crippen LogP contribution < -0.4 is 9.80 Å². The largest absolute Gasteiger partial charge is 0.372 e. The number of allylic oxidation sites excluding steroid dienone is 6. The van der Waals surface area contributed by atoms with Crippen molar-refractivity contribution in [1.82, 2.24) is 0 Å². The van der Waals surface area contributed by atoms with Crippen molar-refractivity contribution in [2.45, 2.75) is 39.5 Å². The van der Waals surface area contributed by atoms with Crippen LogP contribution in [0.25, 0.3) is 5.57 Å². The molecule has 4 rings (SSSR count). The molecule has 38 heavy (non-hydrogen) atoms. The van der Waals surface area contributed by atoms with Crippen LogP contribution in [0.4, 0.5) is 11.4 Å². The summed E-state index contributed by atoms with van der Waals surface area (Å²) in [6, 6.07) is 29.2. The summed E-state index contributed by atoms with van der Waals surface area (Å²) in [5, 5.41) is 0. The quantitative estimate of drug-likeness (QED) is 0.254. The van der Waals surface area contributed by atoms with Gasteiger partial charge in [-0.05, 0) is 80.6 Å². The minimum Gasteiger partial charge on any atom is -0.372 e. The number of rotatable bonds is 10. The maximum absolute atomic E-state index is 3.36. The lowest BCUT2D eigenvalue weighted by molar-refractivity contribution is 0.649. The molecule has 198 valence electrons. The van der Waals surface area contributed by atoms with Gasteiger partial charge in [-0.2, -0.15) is 0 Å². The average molecular weight is 505 g/mol. The van der Waals surface area contributed by atoms with E-state index in [1.807, 2.05) is 0 Å². The fraction of sp³-hybridized carbons (Fsp3) is 0.278. The smallest absolute Gasteiger partial charge is 0.0419 e. The van der Waals surface area contributed by atoms with E-state index < -0.39 is 0 Å². The molecular weight excluding hydrogens is 460 g/mol. The van der Waals surface area contributed by atoms with Crippen molar-refractivity contribution >= 4 is 16.9 Å². The van der Waals surface area contributed by atoms with Gasteiger partial charge in [0.05, 0.1) is 0 Å². The molecule has 0 aromatic heterocycles. The van der Waals surface area contributed by atoms with Crippen molar-refractivity contribution in [2.75, 3.05) is 36.0 Å². The van der Waals surface area contributed by atoms with Gasteiger partial charge >= 0.3 is 0 Å². The van der Waals surface area contributed by atoms with Crippen LogP contribution in [0, 0.1) is 0 Å². The van der Waals surface area contributed by atoms with Gasteiger partial charge in [-0.25, -0.2) is 0 Å². The molecular formula is C36H44N2. The van der Waals surface area contributed by atoms with Gasteiger partial charge in [0.2, 0.25) is 0 Å². The van der Waals surface area contributed by atoms with E-state index in [-0.39, 0.29) is 5.41 Å². The minimum atomic E-state index is -0.165. The Bertz CT molecular complexity index is 1130. The Kier molecular flexibility index (Phi) is 10.8. The molecule has 3 aromatic carbocycles. The highest BCUT2D eigenvalue weighted by Crippen LogP contribution is 2.43. The topological polar surface area (TPSA) is 6.48 Å². The molecule has 1 aliphatic carbocycles. The lowest BCUT2D eigenvalue weighted by Crippen LogP contribution is -2.27. The van der Waals surface area contributed by atoms with Gasteiger partial charge in [-0.15, -0.1) is 0 Å². The molecule has 0 saturated heterocycles. The minimum absolute atomic E-state index is 0.165. The summed E-state index contributed by atoms with van der Waals surface area (Å²) in [5.41, 5.74) is 7.69. The van der Waals surface area contributed by atoms with Gasteiger partial charge in [0.1, 0.15) is 0 Å². The molecule has 0 aliphatic heterocycles. The number of hydrogen-bond donors (Lipinski definition) is 0. The summed E-state index contributed by atoms with van der Waals surface area (Å²) in [4.78, 5) is 4.80. The second-order valence-electron chi connectivity index (χ2n) is 9.44. The van der Waals surface area contributed by atoms with E-state index in [9.17, 15) is 0 Å². The molecule has 0 N–H and O–H groups in total. The third-order valence-electron chi connectivity index (χ3n) is 7.49. The fourth-order valence-corrected chi connectivity index (χ4v) is 5.20. The molecule has 0 amide bonds. The summed E-state index contributed by atoms with van der Waals surface area (Å²) in [6.45, 7) is 19.7. The van der Waals surface area contributed by atoms with Crippen LogP contribution >= 0.6 is 0 Å². The Balaban J connectivity index is 0.000000934. The third-order valence-corrected chi connectivity index (χ3v) is 7.49. The molecule has 2 nitrogen and oxygen atoms in total. The van der Waals surface area contributed by atoms with Crippen molar-refractivity contribution in [3.05, 3.63) is 139 Å². The molecule has 0 fully saturated rings. The summed E-state index contributed by atoms with van der Waals surface area (Å²) >= 11 is 0. The zero-order valence-corrected chi connectivity index (χ0v) is 23.7. The number of nitrogens with zero attached hydrogens (tertiary/aromatic N) is 2. The van der Waals surface area contributed by atoms with Crippen molar-refractivity contribution in [3.8, 4) is 0 Å². The maximum Gasteiger partial charge on any atom is 0.0419 e. The first-order chi connectivity index (χ1) is 18.6. The van der Waals surface area contributed by atoms with Crippen molar-refractivity contribution in [2.24, 2.45) is 0 Å². The Morgan fingerprint density at radius 2 is 1.11 bits per heavy atom. The molecule has 0 saturated carbocycles. The Hall–Kier alpha value is -3.78. The van der Waals surface area contributed by atoms with Crippen molar-refractivity contribution < 1.29 is 0 Å². The van der Waals surface area contributed by atoms with Gasteiger partial charge in [-0.1, -0.05) is 98.1 Å². The lowest BCUT2D eigenvalue weighted by atomic mass is 9.69. The third kappa shape index (κ3) is 6.55. The normalized spacial score (nSPS) is 13.5. The van der Waals surface area contributed by atoms with Gasteiger partial charge in [0.15, 0.2) is 0 Å². The first-order valence-electron chi connectivity index (χ1n) is 14.0. The highest BCUT2D eigenvalue weighted by atomic mass is 15.1. The summed E-state index contributed by atoms with van der Waals surface area (Å²) < 4.78 is 0. The van der Waals surface area contributed by atoms with Crippen LogP contribution in [-0.4, -0.2) is 26.2 Å². The van der Waals surface area contributed by atoms with E-state index in [0.29, 0.717) is 0 Å². The first kappa shape index (κ1) is 28.8. The summed E-state index contributed by atoms with van der Waals surface area (Å²) in [6.07, 6.45) is 11.4. The summed E-state index contributed by atoms with van der Waals surface area (Å²) in [5.74, 6) is 0. The highest BCUT2D eigenvalue weighted by Gasteiger charge is 2.33. The van der Waals surface area contributed by atoms with E-state index in [2.05, 4.69) is 148 Å². The SMILES string of the molecule is C=CC=C.CCN(CC)c1ccc(C2(c3ccc(N(CC)CC)cc3)C=CC(c3ccccc3)=CC2)cc1. The van der Waals surface area contributed by atoms with E-state index in [4.69, 9.17) is 0 Å². The van der Waals surface area contributed by atoms with Gasteiger partial charge in [0, 0.05) is 43.0 Å². The number of hydrogen-bond acceptors (Lipinski definition) is 2. The predicted molar refractivity (Wildman–Crippen MR) is 169 cm³/mol. The molecule has 0 atom stereocenters. The predicted octanol–water partition coefficient (Wildman–Crippen LogP) is 9.07. The Labute approximate surface area is 231 Å². The Morgan fingerprint density at radius 1 is 0.658 bits per heavy atom. The van der Waals surface area contributed by atoms with Crippen LogP contribution in [0.5, 0.6) is 0 Å². The standard InChI is InChI=1S/C32H38N2.C4H6/c1-5-33(6-2)30-18-14-28(15-19-30)32(29-16-20-31(21-17-29)34(7-3)8-4)24-22-27(23-25-32)26-12-10-9-11-13-26;1-3-4-2/h9-24H,5-8,25H2,1-4H3;3-4H,1-2H2. The molecule has 0 unspecified atom stereocenters. The van der Waals surface area contributed by atoms with Gasteiger partial charge in [0.25, 0.3) is 0 Å². The molecule has 1 aliphatic rings. The van der Waals surface area contributed by atoms with Crippen molar-refractivity contribution in [1.29, 1.82) is 0 Å². The summed E-state index contributed by atoms with van der Waals surface area (Å²) in [7, 11) is 0. The zero-order valence-electron chi connectivity index (χ0n) is 23.7. The van der Waals surface area contributed by atoms with Gasteiger partial charge in [-0.3, -0.25) is 0 Å². The van der Waals surface area contributed by atoms with Gasteiger partial charge < -0.3 is 9.80 Å². The zero-order chi connectivity index (χ0) is 27.4. The lowest BCUT2D eigenvalue weighted by Gasteiger charge is -2.35. The van der Waals surface area contributed by atoms with E-state index in [1.165, 1.54) is 33.6 Å². The first-order valence-corrected chi connectivity index (χ1v) is 14.0. The van der Waals surface area contributed by atoms with Crippen LogP contribution in [-0.2, 0) is 5.41 Å². The second-order valence-corrected chi connectivity index (χ2v) is 9.44. The maximum atomic E-state index is 3.36. The second kappa shape index (κ2) is 14.2. The highest BCUT2D eigenvalue weighted by molar-refractivity contribution is 5.76. The molecule has 0 heterocycles. The number of benzene rings is 3. The molecule has 3 aromatic rings. The molecule has 0 bridgehead atoms. The van der Waals surface area contributed by atoms with E-state index in [0.717, 1.165) is 32.6 Å². The van der Waals surface area contributed by atoms with Crippen LogP contribution in [0.3, 0.4) is 0 Å².